The summed E-state index contributed by atoms with van der Waals surface area (Å²) in [5.41, 5.74) is 7.85. The Morgan fingerprint density at radius 1 is 1.55 bits per heavy atom. The second-order valence-corrected chi connectivity index (χ2v) is 5.14. The van der Waals surface area contributed by atoms with E-state index in [-0.39, 0.29) is 12.0 Å². The number of anilines is 1. The molecular formula is C15H23N3O2. The van der Waals surface area contributed by atoms with Crippen LogP contribution in [0.15, 0.2) is 18.2 Å². The molecule has 1 heterocycles. The number of aryl methyl sites for hydroxylation is 1. The molecule has 1 saturated heterocycles. The average molecular weight is 277 g/mol. The SMILES string of the molecule is CCN1CCOC(CNC(=O)c2c(C)cccc2N)C1. The number of carbonyl (C=O) groups excluding carboxylic acids is 1. The summed E-state index contributed by atoms with van der Waals surface area (Å²) in [6.45, 7) is 8.10. The minimum atomic E-state index is -0.127. The molecule has 20 heavy (non-hydrogen) atoms. The first kappa shape index (κ1) is 14.8. The molecule has 0 radical (unpaired) electrons. The zero-order valence-corrected chi connectivity index (χ0v) is 12.2. The molecule has 1 amide bonds. The molecule has 3 N–H and O–H groups in total. The van der Waals surface area contributed by atoms with E-state index in [4.69, 9.17) is 10.5 Å². The summed E-state index contributed by atoms with van der Waals surface area (Å²) in [7, 11) is 0. The molecule has 1 aliphatic rings. The van der Waals surface area contributed by atoms with Gasteiger partial charge in [0.25, 0.3) is 5.91 Å². The molecule has 1 atom stereocenters. The number of amides is 1. The van der Waals surface area contributed by atoms with Crippen molar-refractivity contribution in [1.82, 2.24) is 10.2 Å². The van der Waals surface area contributed by atoms with E-state index in [1.807, 2.05) is 19.1 Å². The van der Waals surface area contributed by atoms with Gasteiger partial charge in [0.1, 0.15) is 0 Å². The lowest BCUT2D eigenvalue weighted by atomic mass is 10.1. The molecule has 1 aliphatic heterocycles. The van der Waals surface area contributed by atoms with Crippen LogP contribution in [-0.2, 0) is 4.74 Å². The highest BCUT2D eigenvalue weighted by atomic mass is 16.5. The maximum atomic E-state index is 12.2. The van der Waals surface area contributed by atoms with Crippen molar-refractivity contribution in [3.63, 3.8) is 0 Å². The second-order valence-electron chi connectivity index (χ2n) is 5.14. The van der Waals surface area contributed by atoms with Crippen LogP contribution in [0.4, 0.5) is 5.69 Å². The van der Waals surface area contributed by atoms with Gasteiger partial charge in [0, 0.05) is 25.3 Å². The Kier molecular flexibility index (Phi) is 4.98. The number of ether oxygens (including phenoxy) is 1. The maximum absolute atomic E-state index is 12.2. The zero-order valence-electron chi connectivity index (χ0n) is 12.2. The van der Waals surface area contributed by atoms with Crippen LogP contribution in [0.25, 0.3) is 0 Å². The topological polar surface area (TPSA) is 67.6 Å². The van der Waals surface area contributed by atoms with Gasteiger partial charge in [-0.25, -0.2) is 0 Å². The Hall–Kier alpha value is -1.59. The number of benzene rings is 1. The summed E-state index contributed by atoms with van der Waals surface area (Å²) in [5, 5.41) is 2.92. The zero-order chi connectivity index (χ0) is 14.5. The minimum Gasteiger partial charge on any atom is -0.398 e. The van der Waals surface area contributed by atoms with Crippen LogP contribution in [0, 0.1) is 6.92 Å². The minimum absolute atomic E-state index is 0.0536. The van der Waals surface area contributed by atoms with Crippen molar-refractivity contribution in [3.8, 4) is 0 Å². The molecule has 1 unspecified atom stereocenters. The Morgan fingerprint density at radius 3 is 3.05 bits per heavy atom. The molecule has 0 spiro atoms. The van der Waals surface area contributed by atoms with Gasteiger partial charge in [0.15, 0.2) is 0 Å². The van der Waals surface area contributed by atoms with Crippen molar-refractivity contribution in [2.45, 2.75) is 20.0 Å². The highest BCUT2D eigenvalue weighted by Gasteiger charge is 2.20. The fourth-order valence-electron chi connectivity index (χ4n) is 2.49. The molecule has 1 aromatic carbocycles. The van der Waals surface area contributed by atoms with Crippen LogP contribution in [0.2, 0.25) is 0 Å². The van der Waals surface area contributed by atoms with E-state index in [0.717, 1.165) is 31.8 Å². The van der Waals surface area contributed by atoms with Crippen molar-refractivity contribution >= 4 is 11.6 Å². The fraction of sp³-hybridized carbons (Fsp3) is 0.533. The molecule has 5 nitrogen and oxygen atoms in total. The number of nitrogens with two attached hydrogens (primary N) is 1. The second kappa shape index (κ2) is 6.72. The Labute approximate surface area is 120 Å². The lowest BCUT2D eigenvalue weighted by molar-refractivity contribution is -0.0246. The molecule has 0 aliphatic carbocycles. The number of hydrogen-bond donors (Lipinski definition) is 2. The first-order chi connectivity index (χ1) is 9.61. The molecule has 1 aromatic rings. The first-order valence-electron chi connectivity index (χ1n) is 7.09. The van der Waals surface area contributed by atoms with E-state index in [2.05, 4.69) is 17.1 Å². The number of carbonyl (C=O) groups is 1. The predicted octanol–water partition coefficient (Wildman–Crippen LogP) is 1.03. The van der Waals surface area contributed by atoms with Gasteiger partial charge in [-0.1, -0.05) is 19.1 Å². The number of nitrogens with one attached hydrogen (secondary N) is 1. The van der Waals surface area contributed by atoms with E-state index >= 15 is 0 Å². The van der Waals surface area contributed by atoms with Crippen molar-refractivity contribution in [3.05, 3.63) is 29.3 Å². The third-order valence-corrected chi connectivity index (χ3v) is 3.69. The highest BCUT2D eigenvalue weighted by molar-refractivity contribution is 6.00. The van der Waals surface area contributed by atoms with E-state index in [1.54, 1.807) is 6.07 Å². The number of nitrogen functional groups attached to an aromatic ring is 1. The van der Waals surface area contributed by atoms with Crippen LogP contribution < -0.4 is 11.1 Å². The number of hydrogen-bond acceptors (Lipinski definition) is 4. The molecule has 0 bridgehead atoms. The van der Waals surface area contributed by atoms with Crippen LogP contribution in [0.5, 0.6) is 0 Å². The Morgan fingerprint density at radius 2 is 2.35 bits per heavy atom. The van der Waals surface area contributed by atoms with Crippen molar-refractivity contribution in [1.29, 1.82) is 0 Å². The standard InChI is InChI=1S/C15H23N3O2/c1-3-18-7-8-20-12(10-18)9-17-15(19)14-11(2)5-4-6-13(14)16/h4-6,12H,3,7-10,16H2,1-2H3,(H,17,19). The van der Waals surface area contributed by atoms with Gasteiger partial charge in [-0.3, -0.25) is 9.69 Å². The van der Waals surface area contributed by atoms with Crippen LogP contribution in [0.1, 0.15) is 22.8 Å². The van der Waals surface area contributed by atoms with Gasteiger partial charge < -0.3 is 15.8 Å². The summed E-state index contributed by atoms with van der Waals surface area (Å²) in [6.07, 6.45) is 0.0536. The summed E-state index contributed by atoms with van der Waals surface area (Å²) in [4.78, 5) is 14.5. The number of likely N-dealkylation sites (N-methyl/N-ethyl adjacent to an activating group) is 1. The summed E-state index contributed by atoms with van der Waals surface area (Å²) >= 11 is 0. The van der Waals surface area contributed by atoms with Gasteiger partial charge in [-0.2, -0.15) is 0 Å². The number of rotatable bonds is 4. The van der Waals surface area contributed by atoms with Crippen molar-refractivity contribution in [2.24, 2.45) is 0 Å². The van der Waals surface area contributed by atoms with Crippen LogP contribution in [-0.4, -0.2) is 49.7 Å². The number of morpholine rings is 1. The van der Waals surface area contributed by atoms with Crippen molar-refractivity contribution < 1.29 is 9.53 Å². The first-order valence-corrected chi connectivity index (χ1v) is 7.09. The monoisotopic (exact) mass is 277 g/mol. The quantitative estimate of drug-likeness (QED) is 0.807. The van der Waals surface area contributed by atoms with Crippen molar-refractivity contribution in [2.75, 3.05) is 38.5 Å². The van der Waals surface area contributed by atoms with E-state index in [9.17, 15) is 4.79 Å². The largest absolute Gasteiger partial charge is 0.398 e. The average Bonchev–Trinajstić information content (AvgIpc) is 2.45. The van der Waals surface area contributed by atoms with Gasteiger partial charge in [-0.05, 0) is 25.1 Å². The molecule has 1 fully saturated rings. The normalized spacial score (nSPS) is 19.8. The summed E-state index contributed by atoms with van der Waals surface area (Å²) < 4.78 is 5.67. The summed E-state index contributed by atoms with van der Waals surface area (Å²) in [6, 6.07) is 5.49. The van der Waals surface area contributed by atoms with Gasteiger partial charge in [0.2, 0.25) is 0 Å². The van der Waals surface area contributed by atoms with E-state index in [1.165, 1.54) is 0 Å². The molecule has 0 saturated carbocycles. The third kappa shape index (κ3) is 3.49. The lowest BCUT2D eigenvalue weighted by Gasteiger charge is -2.32. The Bertz CT molecular complexity index is 456. The van der Waals surface area contributed by atoms with E-state index < -0.39 is 0 Å². The molecule has 0 aromatic heterocycles. The van der Waals surface area contributed by atoms with Gasteiger partial charge in [-0.15, -0.1) is 0 Å². The molecule has 5 heteroatoms. The van der Waals surface area contributed by atoms with Gasteiger partial charge >= 0.3 is 0 Å². The molecule has 2 rings (SSSR count). The Balaban J connectivity index is 1.92. The summed E-state index contributed by atoms with van der Waals surface area (Å²) in [5.74, 6) is -0.127. The third-order valence-electron chi connectivity index (χ3n) is 3.69. The van der Waals surface area contributed by atoms with Crippen LogP contribution >= 0.6 is 0 Å². The number of nitrogens with zero attached hydrogens (tertiary/aromatic N) is 1. The maximum Gasteiger partial charge on any atom is 0.253 e. The fourth-order valence-corrected chi connectivity index (χ4v) is 2.49. The smallest absolute Gasteiger partial charge is 0.253 e. The lowest BCUT2D eigenvalue weighted by Crippen LogP contribution is -2.47. The predicted molar refractivity (Wildman–Crippen MR) is 79.8 cm³/mol. The molecule has 110 valence electrons. The highest BCUT2D eigenvalue weighted by Crippen LogP contribution is 2.16. The van der Waals surface area contributed by atoms with Gasteiger partial charge in [0.05, 0.1) is 18.3 Å². The molecular weight excluding hydrogens is 254 g/mol. The van der Waals surface area contributed by atoms with Crippen LogP contribution in [0.3, 0.4) is 0 Å². The van der Waals surface area contributed by atoms with E-state index in [0.29, 0.717) is 17.8 Å².